The molecule has 17 heavy (non-hydrogen) atoms. The van der Waals surface area contributed by atoms with Gasteiger partial charge in [-0.2, -0.15) is 13.2 Å². The molecule has 0 atom stereocenters. The summed E-state index contributed by atoms with van der Waals surface area (Å²) in [5.74, 6) is 0.175. The van der Waals surface area contributed by atoms with Crippen LogP contribution in [-0.4, -0.2) is 18.6 Å². The van der Waals surface area contributed by atoms with E-state index in [9.17, 15) is 18.0 Å². The number of rotatable bonds is 6. The van der Waals surface area contributed by atoms with Crippen molar-refractivity contribution in [3.63, 3.8) is 0 Å². The molecule has 0 saturated carbocycles. The van der Waals surface area contributed by atoms with Crippen molar-refractivity contribution in [3.05, 3.63) is 30.3 Å². The van der Waals surface area contributed by atoms with E-state index in [0.29, 0.717) is 5.75 Å². The molecule has 1 aromatic rings. The molecule has 0 unspecified atom stereocenters. The Kier molecular flexibility index (Phi) is 5.00. The van der Waals surface area contributed by atoms with E-state index in [-0.39, 0.29) is 13.0 Å². The summed E-state index contributed by atoms with van der Waals surface area (Å²) in [4.78, 5) is 11.1. The molecular weight excluding hydrogens is 233 g/mol. The summed E-state index contributed by atoms with van der Waals surface area (Å²) in [5.41, 5.74) is 0. The van der Waals surface area contributed by atoms with E-state index in [0.717, 1.165) is 0 Å². The topological polar surface area (TPSA) is 26.3 Å². The van der Waals surface area contributed by atoms with Crippen LogP contribution in [0.3, 0.4) is 0 Å². The number of hydrogen-bond donors (Lipinski definition) is 0. The summed E-state index contributed by atoms with van der Waals surface area (Å²) in [6, 6.07) is 8.82. The lowest BCUT2D eigenvalue weighted by atomic mass is 10.2. The number of benzene rings is 1. The number of alkyl halides is 3. The van der Waals surface area contributed by atoms with Gasteiger partial charge in [-0.15, -0.1) is 0 Å². The number of hydrogen-bond acceptors (Lipinski definition) is 2. The van der Waals surface area contributed by atoms with E-state index in [2.05, 4.69) is 0 Å². The summed E-state index contributed by atoms with van der Waals surface area (Å²) in [7, 11) is 0. The molecule has 5 heteroatoms. The Balaban J connectivity index is 2.17. The zero-order valence-electron chi connectivity index (χ0n) is 9.17. The van der Waals surface area contributed by atoms with E-state index in [4.69, 9.17) is 4.74 Å². The van der Waals surface area contributed by atoms with Gasteiger partial charge in [-0.25, -0.2) is 0 Å². The van der Waals surface area contributed by atoms with Crippen LogP contribution in [0.15, 0.2) is 30.3 Å². The molecule has 0 aliphatic heterocycles. The van der Waals surface area contributed by atoms with Gasteiger partial charge in [0.2, 0.25) is 0 Å². The van der Waals surface area contributed by atoms with Crippen molar-refractivity contribution < 1.29 is 22.7 Å². The first-order chi connectivity index (χ1) is 7.97. The zero-order chi connectivity index (χ0) is 12.7. The molecule has 0 heterocycles. The minimum atomic E-state index is -4.27. The number of halogens is 3. The third-order valence-corrected chi connectivity index (χ3v) is 2.08. The van der Waals surface area contributed by atoms with Crippen LogP contribution >= 0.6 is 0 Å². The molecule has 0 aliphatic carbocycles. The average Bonchev–Trinajstić information content (AvgIpc) is 2.27. The van der Waals surface area contributed by atoms with E-state index < -0.39 is 24.8 Å². The Bertz CT molecular complexity index is 347. The van der Waals surface area contributed by atoms with E-state index in [1.54, 1.807) is 24.3 Å². The van der Waals surface area contributed by atoms with Crippen molar-refractivity contribution in [3.8, 4) is 5.75 Å². The number of ketones is 1. The SMILES string of the molecule is O=C(CCOc1ccccc1)CCC(F)(F)F. The normalized spacial score (nSPS) is 11.2. The van der Waals surface area contributed by atoms with Crippen LogP contribution < -0.4 is 4.74 Å². The minimum Gasteiger partial charge on any atom is -0.493 e. The highest BCUT2D eigenvalue weighted by molar-refractivity contribution is 5.78. The van der Waals surface area contributed by atoms with E-state index >= 15 is 0 Å². The van der Waals surface area contributed by atoms with Crippen molar-refractivity contribution in [2.24, 2.45) is 0 Å². The van der Waals surface area contributed by atoms with Crippen molar-refractivity contribution in [2.45, 2.75) is 25.4 Å². The van der Waals surface area contributed by atoms with Crippen LogP contribution in [0.2, 0.25) is 0 Å². The maximum atomic E-state index is 11.8. The smallest absolute Gasteiger partial charge is 0.389 e. The van der Waals surface area contributed by atoms with Crippen LogP contribution in [0.4, 0.5) is 13.2 Å². The Morgan fingerprint density at radius 1 is 1.12 bits per heavy atom. The molecule has 0 spiro atoms. The molecular formula is C12H13F3O2. The van der Waals surface area contributed by atoms with Gasteiger partial charge in [0.1, 0.15) is 11.5 Å². The highest BCUT2D eigenvalue weighted by atomic mass is 19.4. The minimum absolute atomic E-state index is 0.00493. The fraction of sp³-hybridized carbons (Fsp3) is 0.417. The largest absolute Gasteiger partial charge is 0.493 e. The van der Waals surface area contributed by atoms with Crippen molar-refractivity contribution in [2.75, 3.05) is 6.61 Å². The predicted molar refractivity (Wildman–Crippen MR) is 56.9 cm³/mol. The predicted octanol–water partition coefficient (Wildman–Crippen LogP) is 3.37. The van der Waals surface area contributed by atoms with Crippen LogP contribution in [-0.2, 0) is 4.79 Å². The highest BCUT2D eigenvalue weighted by Crippen LogP contribution is 2.21. The number of para-hydroxylation sites is 1. The molecule has 94 valence electrons. The maximum Gasteiger partial charge on any atom is 0.389 e. The van der Waals surface area contributed by atoms with Gasteiger partial charge in [0.25, 0.3) is 0 Å². The summed E-state index contributed by atoms with van der Waals surface area (Å²) in [6.07, 6.45) is -5.79. The van der Waals surface area contributed by atoms with Crippen molar-refractivity contribution in [1.29, 1.82) is 0 Å². The molecule has 0 aliphatic rings. The standard InChI is InChI=1S/C12H13F3O2/c13-12(14,15)8-6-10(16)7-9-17-11-4-2-1-3-5-11/h1-5H,6-9H2. The first-order valence-corrected chi connectivity index (χ1v) is 5.24. The molecule has 0 radical (unpaired) electrons. The van der Waals surface area contributed by atoms with Crippen molar-refractivity contribution in [1.82, 2.24) is 0 Å². The molecule has 0 N–H and O–H groups in total. The maximum absolute atomic E-state index is 11.8. The number of carbonyl (C=O) groups excluding carboxylic acids is 1. The summed E-state index contributed by atoms with van der Waals surface area (Å²) in [6.45, 7) is 0.112. The first-order valence-electron chi connectivity index (χ1n) is 5.24. The third-order valence-electron chi connectivity index (χ3n) is 2.08. The second-order valence-electron chi connectivity index (χ2n) is 3.57. The molecule has 2 nitrogen and oxygen atoms in total. The van der Waals surface area contributed by atoms with Crippen LogP contribution in [0.25, 0.3) is 0 Å². The van der Waals surface area contributed by atoms with Crippen molar-refractivity contribution >= 4 is 5.78 Å². The third kappa shape index (κ3) is 6.60. The fourth-order valence-electron chi connectivity index (χ4n) is 1.21. The molecule has 0 amide bonds. The van der Waals surface area contributed by atoms with Gasteiger partial charge in [-0.1, -0.05) is 18.2 Å². The van der Waals surface area contributed by atoms with Crippen LogP contribution in [0, 0.1) is 0 Å². The Morgan fingerprint density at radius 3 is 2.35 bits per heavy atom. The number of Topliss-reactive ketones (excluding diaryl/α,β-unsaturated/α-hetero) is 1. The van der Waals surface area contributed by atoms with Gasteiger partial charge in [-0.05, 0) is 12.1 Å². The number of ether oxygens (including phenoxy) is 1. The second kappa shape index (κ2) is 6.27. The van der Waals surface area contributed by atoms with E-state index in [1.165, 1.54) is 0 Å². The van der Waals surface area contributed by atoms with Crippen LogP contribution in [0.1, 0.15) is 19.3 Å². The Labute approximate surface area is 97.4 Å². The first kappa shape index (κ1) is 13.5. The quantitative estimate of drug-likeness (QED) is 0.769. The molecule has 1 rings (SSSR count). The highest BCUT2D eigenvalue weighted by Gasteiger charge is 2.27. The summed E-state index contributed by atoms with van der Waals surface area (Å²) >= 11 is 0. The number of carbonyl (C=O) groups is 1. The molecule has 0 bridgehead atoms. The molecule has 0 fully saturated rings. The summed E-state index contributed by atoms with van der Waals surface area (Å²) < 4.78 is 40.7. The van der Waals surface area contributed by atoms with Crippen LogP contribution in [0.5, 0.6) is 5.75 Å². The average molecular weight is 246 g/mol. The summed E-state index contributed by atoms with van der Waals surface area (Å²) in [5, 5.41) is 0. The van der Waals surface area contributed by atoms with Gasteiger partial charge in [0.15, 0.2) is 0 Å². The second-order valence-corrected chi connectivity index (χ2v) is 3.57. The van der Waals surface area contributed by atoms with Gasteiger partial charge >= 0.3 is 6.18 Å². The lowest BCUT2D eigenvalue weighted by Crippen LogP contribution is -2.12. The van der Waals surface area contributed by atoms with Gasteiger partial charge in [-0.3, -0.25) is 4.79 Å². The Hall–Kier alpha value is -1.52. The van der Waals surface area contributed by atoms with E-state index in [1.807, 2.05) is 6.07 Å². The molecule has 0 aromatic heterocycles. The fourth-order valence-corrected chi connectivity index (χ4v) is 1.21. The van der Waals surface area contributed by atoms with Gasteiger partial charge < -0.3 is 4.74 Å². The monoisotopic (exact) mass is 246 g/mol. The lowest BCUT2D eigenvalue weighted by molar-refractivity contribution is -0.143. The zero-order valence-corrected chi connectivity index (χ0v) is 9.17. The van der Waals surface area contributed by atoms with Gasteiger partial charge in [0, 0.05) is 12.8 Å². The van der Waals surface area contributed by atoms with Gasteiger partial charge in [0.05, 0.1) is 13.0 Å². The molecule has 1 aromatic carbocycles. The molecule has 0 saturated heterocycles. The Morgan fingerprint density at radius 2 is 1.76 bits per heavy atom. The lowest BCUT2D eigenvalue weighted by Gasteiger charge is -2.06.